The number of aliphatic hydroxyl groups is 3. The Labute approximate surface area is 143 Å². The summed E-state index contributed by atoms with van der Waals surface area (Å²) in [5, 5.41) is 33.6. The Balaban J connectivity index is 1.97. The molecule has 0 amide bonds. The Morgan fingerprint density at radius 2 is 1.96 bits per heavy atom. The number of nitrogens with zero attached hydrogens (tertiary/aromatic N) is 2. The van der Waals surface area contributed by atoms with Crippen molar-refractivity contribution in [2.75, 3.05) is 5.75 Å². The molecule has 3 heterocycles. The van der Waals surface area contributed by atoms with Crippen LogP contribution in [0.15, 0.2) is 16.8 Å². The fourth-order valence-corrected chi connectivity index (χ4v) is 3.80. The van der Waals surface area contributed by atoms with Gasteiger partial charge in [-0.15, -0.1) is 11.8 Å². The van der Waals surface area contributed by atoms with Gasteiger partial charge in [0, 0.05) is 11.9 Å². The number of ether oxygens (including phenoxy) is 1. The average Bonchev–Trinajstić information content (AvgIpc) is 2.88. The van der Waals surface area contributed by atoms with Gasteiger partial charge in [0.1, 0.15) is 23.7 Å². The molecule has 0 saturated carbocycles. The Morgan fingerprint density at radius 3 is 2.62 bits per heavy atom. The van der Waals surface area contributed by atoms with Crippen molar-refractivity contribution in [1.82, 2.24) is 10.1 Å². The summed E-state index contributed by atoms with van der Waals surface area (Å²) in [6.45, 7) is 5.50. The van der Waals surface area contributed by atoms with Crippen molar-refractivity contribution in [3.05, 3.63) is 29.3 Å². The molecule has 1 saturated heterocycles. The van der Waals surface area contributed by atoms with E-state index in [-0.39, 0.29) is 5.75 Å². The zero-order valence-electron chi connectivity index (χ0n) is 13.6. The number of aromatic nitrogens is 2. The van der Waals surface area contributed by atoms with Crippen LogP contribution in [0.1, 0.15) is 17.0 Å². The molecule has 3 rings (SSSR count). The van der Waals surface area contributed by atoms with Gasteiger partial charge in [0.15, 0.2) is 11.2 Å². The minimum Gasteiger partial charge on any atom is -0.474 e. The van der Waals surface area contributed by atoms with Crippen molar-refractivity contribution in [1.29, 1.82) is 0 Å². The molecule has 2 aromatic rings. The number of aliphatic hydroxyl groups excluding tert-OH is 3. The first-order chi connectivity index (χ1) is 11.4. The molecule has 2 aromatic heterocycles. The van der Waals surface area contributed by atoms with Crippen LogP contribution in [0.25, 0.3) is 11.3 Å². The van der Waals surface area contributed by atoms with E-state index in [9.17, 15) is 15.3 Å². The smallest absolute Gasteiger partial charge is 0.173 e. The van der Waals surface area contributed by atoms with Gasteiger partial charge in [-0.2, -0.15) is 0 Å². The van der Waals surface area contributed by atoms with Crippen LogP contribution in [0.4, 0.5) is 0 Å². The average molecular weight is 352 g/mol. The van der Waals surface area contributed by atoms with Gasteiger partial charge in [0.05, 0.1) is 17.4 Å². The minimum atomic E-state index is -1.24. The lowest BCUT2D eigenvalue weighted by atomic mass is 10.1. The van der Waals surface area contributed by atoms with E-state index in [1.807, 2.05) is 19.9 Å². The molecule has 7 nitrogen and oxygen atoms in total. The van der Waals surface area contributed by atoms with Gasteiger partial charge in [-0.05, 0) is 32.4 Å². The quantitative estimate of drug-likeness (QED) is 0.756. The maximum absolute atomic E-state index is 10.2. The third kappa shape index (κ3) is 3.02. The Hall–Kier alpha value is -1.61. The molecule has 0 aromatic carbocycles. The highest BCUT2D eigenvalue weighted by Crippen LogP contribution is 2.38. The van der Waals surface area contributed by atoms with Crippen LogP contribution >= 0.6 is 11.8 Å². The zero-order valence-corrected chi connectivity index (χ0v) is 14.4. The Morgan fingerprint density at radius 1 is 1.21 bits per heavy atom. The summed E-state index contributed by atoms with van der Waals surface area (Å²) in [7, 11) is 0. The van der Waals surface area contributed by atoms with Crippen molar-refractivity contribution < 1.29 is 24.6 Å². The Kier molecular flexibility index (Phi) is 4.82. The summed E-state index contributed by atoms with van der Waals surface area (Å²) in [4.78, 5) is 4.40. The van der Waals surface area contributed by atoms with Gasteiger partial charge >= 0.3 is 0 Å². The monoisotopic (exact) mass is 352 g/mol. The van der Waals surface area contributed by atoms with E-state index in [1.165, 1.54) is 11.8 Å². The lowest BCUT2D eigenvalue weighted by Gasteiger charge is -2.35. The van der Waals surface area contributed by atoms with Crippen molar-refractivity contribution in [2.45, 2.75) is 44.5 Å². The van der Waals surface area contributed by atoms with Crippen LogP contribution in [0.2, 0.25) is 0 Å². The predicted molar refractivity (Wildman–Crippen MR) is 88.8 cm³/mol. The SMILES string of the molecule is Cc1ccnc(-c2c(C)noc2C)c1O[C@H]1SC[C@@H](O)[C@H](O)[C@H]1O. The third-order valence-corrected chi connectivity index (χ3v) is 5.30. The summed E-state index contributed by atoms with van der Waals surface area (Å²) in [5.41, 5.74) is 2.17. The highest BCUT2D eigenvalue weighted by Gasteiger charge is 2.39. The summed E-state index contributed by atoms with van der Waals surface area (Å²) >= 11 is 1.25. The van der Waals surface area contributed by atoms with E-state index < -0.39 is 23.7 Å². The van der Waals surface area contributed by atoms with Gasteiger partial charge in [0.2, 0.25) is 0 Å². The van der Waals surface area contributed by atoms with Crippen LogP contribution in [0, 0.1) is 20.8 Å². The third-order valence-electron chi connectivity index (χ3n) is 4.06. The molecule has 1 aliphatic heterocycles. The van der Waals surface area contributed by atoms with Crippen LogP contribution in [0.3, 0.4) is 0 Å². The van der Waals surface area contributed by atoms with Crippen LogP contribution in [-0.4, -0.2) is 55.0 Å². The second-order valence-electron chi connectivity index (χ2n) is 5.87. The maximum atomic E-state index is 10.2. The molecule has 24 heavy (non-hydrogen) atoms. The highest BCUT2D eigenvalue weighted by atomic mass is 32.2. The maximum Gasteiger partial charge on any atom is 0.173 e. The van der Waals surface area contributed by atoms with Gasteiger partial charge in [-0.25, -0.2) is 0 Å². The first-order valence-electron chi connectivity index (χ1n) is 7.61. The standard InChI is InChI=1S/C16H20N2O5S/c1-7-4-5-17-12(11-8(2)18-23-9(11)3)15(7)22-16-14(21)13(20)10(19)6-24-16/h4-5,10,13-14,16,19-21H,6H2,1-3H3/t10-,13+,14-,16+/m1/s1. The number of hydrogen-bond acceptors (Lipinski definition) is 8. The molecule has 0 spiro atoms. The van der Waals surface area contributed by atoms with Crippen molar-refractivity contribution in [2.24, 2.45) is 0 Å². The summed E-state index contributed by atoms with van der Waals surface area (Å²) in [6, 6.07) is 1.81. The largest absolute Gasteiger partial charge is 0.474 e. The predicted octanol–water partition coefficient (Wildman–Crippen LogP) is 1.20. The van der Waals surface area contributed by atoms with Gasteiger partial charge in [-0.1, -0.05) is 5.16 Å². The summed E-state index contributed by atoms with van der Waals surface area (Å²) in [5.74, 6) is 1.41. The molecule has 0 radical (unpaired) electrons. The molecule has 8 heteroatoms. The number of thioether (sulfide) groups is 1. The van der Waals surface area contributed by atoms with E-state index in [0.29, 0.717) is 22.9 Å². The minimum absolute atomic E-state index is 0.281. The van der Waals surface area contributed by atoms with E-state index in [1.54, 1.807) is 13.1 Å². The van der Waals surface area contributed by atoms with Crippen molar-refractivity contribution in [3.63, 3.8) is 0 Å². The van der Waals surface area contributed by atoms with Crippen LogP contribution < -0.4 is 4.74 Å². The van der Waals surface area contributed by atoms with Crippen LogP contribution in [0.5, 0.6) is 5.75 Å². The van der Waals surface area contributed by atoms with Crippen molar-refractivity contribution in [3.8, 4) is 17.0 Å². The van der Waals surface area contributed by atoms with Gasteiger partial charge < -0.3 is 24.6 Å². The molecule has 4 atom stereocenters. The molecular weight excluding hydrogens is 332 g/mol. The molecule has 0 unspecified atom stereocenters. The van der Waals surface area contributed by atoms with E-state index in [4.69, 9.17) is 9.26 Å². The number of pyridine rings is 1. The normalized spacial score (nSPS) is 27.2. The second-order valence-corrected chi connectivity index (χ2v) is 7.00. The second kappa shape index (κ2) is 6.72. The van der Waals surface area contributed by atoms with E-state index in [0.717, 1.165) is 11.1 Å². The first kappa shape index (κ1) is 17.2. The lowest BCUT2D eigenvalue weighted by molar-refractivity contribution is -0.0786. The number of rotatable bonds is 3. The summed E-state index contributed by atoms with van der Waals surface area (Å²) < 4.78 is 11.2. The topological polar surface area (TPSA) is 109 Å². The molecule has 3 N–H and O–H groups in total. The molecular formula is C16H20N2O5S. The number of hydrogen-bond donors (Lipinski definition) is 3. The molecule has 0 aliphatic carbocycles. The van der Waals surface area contributed by atoms with Gasteiger partial charge in [-0.3, -0.25) is 4.98 Å². The van der Waals surface area contributed by atoms with E-state index in [2.05, 4.69) is 10.1 Å². The number of aryl methyl sites for hydroxylation is 3. The highest BCUT2D eigenvalue weighted by molar-refractivity contribution is 7.99. The van der Waals surface area contributed by atoms with E-state index >= 15 is 0 Å². The molecule has 0 bridgehead atoms. The zero-order chi connectivity index (χ0) is 17.4. The fourth-order valence-electron chi connectivity index (χ4n) is 2.69. The fraction of sp³-hybridized carbons (Fsp3) is 0.500. The summed E-state index contributed by atoms with van der Waals surface area (Å²) in [6.07, 6.45) is -1.74. The Bertz CT molecular complexity index is 716. The van der Waals surface area contributed by atoms with Crippen molar-refractivity contribution >= 4 is 11.8 Å². The lowest BCUT2D eigenvalue weighted by Crippen LogP contribution is -2.50. The van der Waals surface area contributed by atoms with Crippen LogP contribution in [-0.2, 0) is 0 Å². The first-order valence-corrected chi connectivity index (χ1v) is 8.66. The molecule has 1 aliphatic rings. The molecule has 1 fully saturated rings. The molecule has 130 valence electrons. The van der Waals surface area contributed by atoms with Gasteiger partial charge in [0.25, 0.3) is 0 Å².